The normalized spacial score (nSPS) is 15.5. The number of piperazine rings is 1. The first-order chi connectivity index (χ1) is 14.5. The number of carbonyl (C=O) groups is 2. The Morgan fingerprint density at radius 3 is 2.43 bits per heavy atom. The molecule has 1 saturated heterocycles. The molecule has 1 aliphatic rings. The van der Waals surface area contributed by atoms with Gasteiger partial charge in [0.1, 0.15) is 5.00 Å². The minimum atomic E-state index is -0.483. The molecule has 1 aromatic carbocycles. The highest BCUT2D eigenvalue weighted by molar-refractivity contribution is 7.16. The van der Waals surface area contributed by atoms with Crippen LogP contribution in [0.5, 0.6) is 0 Å². The summed E-state index contributed by atoms with van der Waals surface area (Å²) in [5, 5.41) is 3.49. The number of amides is 2. The fourth-order valence-electron chi connectivity index (χ4n) is 3.75. The third-order valence-electron chi connectivity index (χ3n) is 5.37. The van der Waals surface area contributed by atoms with E-state index in [1.54, 1.807) is 0 Å². The van der Waals surface area contributed by atoms with E-state index < -0.39 is 5.91 Å². The van der Waals surface area contributed by atoms with E-state index in [0.717, 1.165) is 49.6 Å². The summed E-state index contributed by atoms with van der Waals surface area (Å²) in [4.78, 5) is 30.0. The van der Waals surface area contributed by atoms with Crippen molar-refractivity contribution in [2.75, 3.05) is 44.6 Å². The van der Waals surface area contributed by atoms with Gasteiger partial charge in [0.15, 0.2) is 0 Å². The Bertz CT molecular complexity index is 899. The van der Waals surface area contributed by atoms with Gasteiger partial charge >= 0.3 is 0 Å². The van der Waals surface area contributed by atoms with Crippen LogP contribution in [0.1, 0.15) is 33.3 Å². The zero-order valence-electron chi connectivity index (χ0n) is 17.7. The second-order valence-electron chi connectivity index (χ2n) is 7.50. The van der Waals surface area contributed by atoms with Gasteiger partial charge in [-0.15, -0.1) is 11.3 Å². The summed E-state index contributed by atoms with van der Waals surface area (Å²) < 4.78 is 0. The molecule has 0 aliphatic carbocycles. The summed E-state index contributed by atoms with van der Waals surface area (Å²) in [7, 11) is 0. The molecule has 160 valence electrons. The van der Waals surface area contributed by atoms with Gasteiger partial charge < -0.3 is 11.1 Å². The number of nitrogens with one attached hydrogen (secondary N) is 1. The van der Waals surface area contributed by atoms with E-state index in [2.05, 4.69) is 39.4 Å². The zero-order chi connectivity index (χ0) is 21.5. The average molecular weight is 427 g/mol. The predicted octanol–water partition coefficient (Wildman–Crippen LogP) is 2.99. The van der Waals surface area contributed by atoms with Crippen molar-refractivity contribution in [2.45, 2.75) is 20.3 Å². The first-order valence-corrected chi connectivity index (χ1v) is 11.2. The molecule has 0 unspecified atom stereocenters. The van der Waals surface area contributed by atoms with Crippen LogP contribution in [0, 0.1) is 6.92 Å². The van der Waals surface area contributed by atoms with E-state index in [1.807, 2.05) is 32.0 Å². The Morgan fingerprint density at radius 1 is 1.13 bits per heavy atom. The number of hydrogen-bond acceptors (Lipinski definition) is 5. The first kappa shape index (κ1) is 22.2. The van der Waals surface area contributed by atoms with Crippen molar-refractivity contribution >= 4 is 34.2 Å². The smallest absolute Gasteiger partial charge is 0.251 e. The Labute approximate surface area is 182 Å². The van der Waals surface area contributed by atoms with Gasteiger partial charge in [0, 0.05) is 37.6 Å². The number of primary amides is 1. The zero-order valence-corrected chi connectivity index (χ0v) is 18.5. The van der Waals surface area contributed by atoms with Gasteiger partial charge in [-0.3, -0.25) is 19.4 Å². The Morgan fingerprint density at radius 2 is 1.80 bits per heavy atom. The Kier molecular flexibility index (Phi) is 7.79. The van der Waals surface area contributed by atoms with Crippen molar-refractivity contribution in [3.8, 4) is 0 Å². The van der Waals surface area contributed by atoms with Crippen LogP contribution in [-0.2, 0) is 11.2 Å². The summed E-state index contributed by atoms with van der Waals surface area (Å²) in [5.74, 6) is -0.581. The molecule has 7 heteroatoms. The minimum Gasteiger partial charge on any atom is -0.365 e. The fourth-order valence-corrected chi connectivity index (χ4v) is 4.92. The molecule has 0 spiro atoms. The number of carbonyl (C=O) groups excluding carboxylic acids is 2. The molecule has 30 heavy (non-hydrogen) atoms. The van der Waals surface area contributed by atoms with Crippen molar-refractivity contribution in [3.05, 3.63) is 58.0 Å². The second-order valence-corrected chi connectivity index (χ2v) is 8.72. The van der Waals surface area contributed by atoms with Gasteiger partial charge in [0.05, 0.1) is 12.1 Å². The largest absolute Gasteiger partial charge is 0.365 e. The molecule has 1 aromatic heterocycles. The van der Waals surface area contributed by atoms with Crippen LogP contribution in [0.3, 0.4) is 0 Å². The van der Waals surface area contributed by atoms with Crippen LogP contribution in [-0.4, -0.2) is 60.9 Å². The van der Waals surface area contributed by atoms with Crippen LogP contribution < -0.4 is 11.1 Å². The summed E-state index contributed by atoms with van der Waals surface area (Å²) in [6.45, 7) is 8.72. The van der Waals surface area contributed by atoms with E-state index >= 15 is 0 Å². The molecular formula is C23H30N4O2S. The predicted molar refractivity (Wildman–Crippen MR) is 124 cm³/mol. The average Bonchev–Trinajstić information content (AvgIpc) is 3.05. The van der Waals surface area contributed by atoms with E-state index in [0.29, 0.717) is 17.1 Å². The number of nitrogens with zero attached hydrogens (tertiary/aromatic N) is 2. The third kappa shape index (κ3) is 5.78. The van der Waals surface area contributed by atoms with Gasteiger partial charge in [0.25, 0.3) is 5.91 Å². The lowest BCUT2D eigenvalue weighted by atomic mass is 10.1. The Balaban J connectivity index is 1.47. The van der Waals surface area contributed by atoms with Crippen molar-refractivity contribution in [2.24, 2.45) is 5.73 Å². The molecule has 0 bridgehead atoms. The highest BCUT2D eigenvalue weighted by atomic mass is 32.1. The summed E-state index contributed by atoms with van der Waals surface area (Å²) >= 11 is 1.42. The first-order valence-electron chi connectivity index (χ1n) is 10.4. The topological polar surface area (TPSA) is 78.7 Å². The maximum Gasteiger partial charge on any atom is 0.251 e. The molecule has 3 rings (SSSR count). The molecule has 0 atom stereocenters. The van der Waals surface area contributed by atoms with E-state index in [9.17, 15) is 9.59 Å². The molecule has 6 nitrogen and oxygen atoms in total. The van der Waals surface area contributed by atoms with Crippen LogP contribution in [0.25, 0.3) is 6.08 Å². The van der Waals surface area contributed by atoms with E-state index in [-0.39, 0.29) is 5.91 Å². The number of rotatable bonds is 8. The monoisotopic (exact) mass is 426 g/mol. The van der Waals surface area contributed by atoms with Gasteiger partial charge in [0.2, 0.25) is 5.91 Å². The van der Waals surface area contributed by atoms with Crippen LogP contribution in [0.2, 0.25) is 0 Å². The molecule has 1 fully saturated rings. The van der Waals surface area contributed by atoms with Crippen molar-refractivity contribution < 1.29 is 9.59 Å². The molecule has 3 N–H and O–H groups in total. The number of nitrogens with two attached hydrogens (primary N) is 1. The summed E-state index contributed by atoms with van der Waals surface area (Å²) in [6, 6.07) is 10.3. The maximum absolute atomic E-state index is 12.6. The molecular weight excluding hydrogens is 396 g/mol. The van der Waals surface area contributed by atoms with Gasteiger partial charge in [-0.1, -0.05) is 49.4 Å². The summed E-state index contributed by atoms with van der Waals surface area (Å²) in [5.41, 5.74) is 8.15. The van der Waals surface area contributed by atoms with Crippen molar-refractivity contribution in [1.82, 2.24) is 9.80 Å². The van der Waals surface area contributed by atoms with Crippen LogP contribution >= 0.6 is 11.3 Å². The molecule has 0 radical (unpaired) electrons. The van der Waals surface area contributed by atoms with Gasteiger partial charge in [-0.2, -0.15) is 0 Å². The number of thiophene rings is 1. The highest BCUT2D eigenvalue weighted by Gasteiger charge is 2.22. The minimum absolute atomic E-state index is 0.0983. The van der Waals surface area contributed by atoms with Crippen LogP contribution in [0.4, 0.5) is 5.00 Å². The molecule has 2 amide bonds. The fraction of sp³-hybridized carbons (Fsp3) is 0.391. The van der Waals surface area contributed by atoms with E-state index in [4.69, 9.17) is 5.73 Å². The number of hydrogen-bond donors (Lipinski definition) is 2. The van der Waals surface area contributed by atoms with Gasteiger partial charge in [-0.25, -0.2) is 0 Å². The van der Waals surface area contributed by atoms with Crippen LogP contribution in [0.15, 0.2) is 36.4 Å². The van der Waals surface area contributed by atoms with Crippen molar-refractivity contribution in [3.63, 3.8) is 0 Å². The number of anilines is 1. The molecule has 0 saturated carbocycles. The SMILES string of the molecule is CCc1c(C)sc(NC(=O)CN2CCN(CC=Cc3ccccc3)CC2)c1C(N)=O. The van der Waals surface area contributed by atoms with Gasteiger partial charge in [-0.05, 0) is 24.5 Å². The Hall–Kier alpha value is -2.48. The summed E-state index contributed by atoms with van der Waals surface area (Å²) in [6.07, 6.45) is 5.05. The number of benzene rings is 1. The second kappa shape index (κ2) is 10.5. The lowest BCUT2D eigenvalue weighted by Gasteiger charge is -2.33. The lowest BCUT2D eigenvalue weighted by molar-refractivity contribution is -0.117. The van der Waals surface area contributed by atoms with Crippen molar-refractivity contribution in [1.29, 1.82) is 0 Å². The third-order valence-corrected chi connectivity index (χ3v) is 6.43. The highest BCUT2D eigenvalue weighted by Crippen LogP contribution is 2.33. The molecule has 2 aromatic rings. The molecule has 1 aliphatic heterocycles. The number of aryl methyl sites for hydroxylation is 1. The lowest BCUT2D eigenvalue weighted by Crippen LogP contribution is -2.48. The van der Waals surface area contributed by atoms with E-state index in [1.165, 1.54) is 16.9 Å². The standard InChI is InChI=1S/C23H30N4O2S/c1-3-19-17(2)30-23(21(19)22(24)29)25-20(28)16-27-14-12-26(13-15-27)11-7-10-18-8-5-4-6-9-18/h4-10H,3,11-16H2,1-2H3,(H2,24,29)(H,25,28). The maximum atomic E-state index is 12.6. The molecule has 2 heterocycles. The quantitative estimate of drug-likeness (QED) is 0.680.